The molecule has 1 fully saturated rings. The van der Waals surface area contributed by atoms with Crippen LogP contribution in [0.1, 0.15) is 15.9 Å². The Balaban J connectivity index is 1.81. The maximum absolute atomic E-state index is 13.0. The second-order valence-electron chi connectivity index (χ2n) is 6.55. The molecule has 0 bridgehead atoms. The Morgan fingerprint density at radius 1 is 1.11 bits per heavy atom. The van der Waals surface area contributed by atoms with Crippen LogP contribution in [0.3, 0.4) is 0 Å². The minimum atomic E-state index is -3.75. The van der Waals surface area contributed by atoms with E-state index in [0.717, 1.165) is 11.3 Å². The third-order valence-corrected chi connectivity index (χ3v) is 6.95. The third-order valence-electron chi connectivity index (χ3n) is 4.82. The molecular formula is C19H22ClN3O4S. The van der Waals surface area contributed by atoms with E-state index in [4.69, 9.17) is 22.1 Å². The number of rotatable bonds is 5. The molecule has 0 saturated carbocycles. The molecule has 0 aromatic heterocycles. The molecule has 0 aliphatic carbocycles. The summed E-state index contributed by atoms with van der Waals surface area (Å²) in [6.45, 7) is 3.73. The van der Waals surface area contributed by atoms with Gasteiger partial charge in [0, 0.05) is 36.9 Å². The van der Waals surface area contributed by atoms with Crippen LogP contribution in [0.25, 0.3) is 0 Å². The van der Waals surface area contributed by atoms with Crippen LogP contribution in [-0.4, -0.2) is 51.9 Å². The Bertz CT molecular complexity index is 1000. The van der Waals surface area contributed by atoms with Crippen LogP contribution >= 0.6 is 11.6 Å². The van der Waals surface area contributed by atoms with Gasteiger partial charge in [0.15, 0.2) is 0 Å². The molecule has 3 rings (SSSR count). The number of halogens is 1. The number of benzene rings is 2. The average Bonchev–Trinajstić information content (AvgIpc) is 2.69. The fourth-order valence-corrected chi connectivity index (χ4v) is 4.90. The van der Waals surface area contributed by atoms with Gasteiger partial charge in [-0.2, -0.15) is 4.31 Å². The Hall–Kier alpha value is -2.29. The number of piperazine rings is 1. The summed E-state index contributed by atoms with van der Waals surface area (Å²) in [5.41, 5.74) is 7.47. The van der Waals surface area contributed by atoms with Gasteiger partial charge in [-0.15, -0.1) is 0 Å². The van der Waals surface area contributed by atoms with Gasteiger partial charge in [-0.1, -0.05) is 17.7 Å². The van der Waals surface area contributed by atoms with Gasteiger partial charge in [0.05, 0.1) is 17.6 Å². The molecule has 1 aliphatic rings. The topological polar surface area (TPSA) is 92.9 Å². The van der Waals surface area contributed by atoms with Crippen LogP contribution in [-0.2, 0) is 10.0 Å². The van der Waals surface area contributed by atoms with E-state index >= 15 is 0 Å². The number of carbonyl (C=O) groups excluding carboxylic acids is 1. The van der Waals surface area contributed by atoms with E-state index < -0.39 is 15.9 Å². The first-order chi connectivity index (χ1) is 13.2. The summed E-state index contributed by atoms with van der Waals surface area (Å²) in [6, 6.07) is 9.81. The monoisotopic (exact) mass is 423 g/mol. The minimum Gasteiger partial charge on any atom is -0.496 e. The number of methoxy groups -OCH3 is 1. The first-order valence-electron chi connectivity index (χ1n) is 8.73. The van der Waals surface area contributed by atoms with Gasteiger partial charge in [0.25, 0.3) is 5.91 Å². The van der Waals surface area contributed by atoms with E-state index in [1.165, 1.54) is 29.6 Å². The summed E-state index contributed by atoms with van der Waals surface area (Å²) in [7, 11) is -2.35. The lowest BCUT2D eigenvalue weighted by Crippen LogP contribution is -2.48. The molecule has 2 aromatic rings. The van der Waals surface area contributed by atoms with E-state index in [9.17, 15) is 13.2 Å². The Morgan fingerprint density at radius 3 is 2.39 bits per heavy atom. The van der Waals surface area contributed by atoms with Crippen molar-refractivity contribution in [2.45, 2.75) is 11.8 Å². The van der Waals surface area contributed by atoms with E-state index in [0.29, 0.717) is 31.2 Å². The van der Waals surface area contributed by atoms with Crippen LogP contribution in [0.4, 0.5) is 5.69 Å². The molecule has 1 saturated heterocycles. The van der Waals surface area contributed by atoms with Crippen molar-refractivity contribution in [2.24, 2.45) is 5.73 Å². The molecule has 2 N–H and O–H groups in total. The highest BCUT2D eigenvalue weighted by molar-refractivity contribution is 7.89. The predicted octanol–water partition coefficient (Wildman–Crippen LogP) is 2.27. The SMILES string of the molecule is COc1ccc(S(=O)(=O)N2CCN(c3cc(Cl)ccc3C)CC2)cc1C(N)=O. The summed E-state index contributed by atoms with van der Waals surface area (Å²) in [6.07, 6.45) is 0. The quantitative estimate of drug-likeness (QED) is 0.796. The number of hydrogen-bond acceptors (Lipinski definition) is 5. The number of nitrogens with zero attached hydrogens (tertiary/aromatic N) is 2. The maximum Gasteiger partial charge on any atom is 0.252 e. The Morgan fingerprint density at radius 2 is 1.79 bits per heavy atom. The fraction of sp³-hybridized carbons (Fsp3) is 0.316. The van der Waals surface area contributed by atoms with E-state index in [1.807, 2.05) is 25.1 Å². The molecule has 7 nitrogen and oxygen atoms in total. The summed E-state index contributed by atoms with van der Waals surface area (Å²) in [4.78, 5) is 13.8. The molecule has 150 valence electrons. The van der Waals surface area contributed by atoms with Gasteiger partial charge in [-0.3, -0.25) is 4.79 Å². The van der Waals surface area contributed by atoms with Crippen molar-refractivity contribution >= 4 is 33.2 Å². The lowest BCUT2D eigenvalue weighted by atomic mass is 10.1. The van der Waals surface area contributed by atoms with Crippen LogP contribution in [0, 0.1) is 6.92 Å². The van der Waals surface area contributed by atoms with Crippen molar-refractivity contribution < 1.29 is 17.9 Å². The van der Waals surface area contributed by atoms with E-state index in [2.05, 4.69) is 4.90 Å². The summed E-state index contributed by atoms with van der Waals surface area (Å²) in [5.74, 6) is -0.497. The number of ether oxygens (including phenoxy) is 1. The van der Waals surface area contributed by atoms with Crippen molar-refractivity contribution in [1.29, 1.82) is 0 Å². The highest BCUT2D eigenvalue weighted by atomic mass is 35.5. The normalized spacial score (nSPS) is 15.5. The zero-order valence-corrected chi connectivity index (χ0v) is 17.3. The van der Waals surface area contributed by atoms with Crippen molar-refractivity contribution in [1.82, 2.24) is 4.31 Å². The number of aryl methyl sites for hydroxylation is 1. The average molecular weight is 424 g/mol. The lowest BCUT2D eigenvalue weighted by molar-refractivity contribution is 0.0997. The number of carbonyl (C=O) groups is 1. The molecule has 2 aromatic carbocycles. The first kappa shape index (κ1) is 20.4. The molecule has 28 heavy (non-hydrogen) atoms. The molecule has 1 heterocycles. The zero-order chi connectivity index (χ0) is 20.5. The number of primary amides is 1. The number of sulfonamides is 1. The molecular weight excluding hydrogens is 402 g/mol. The summed E-state index contributed by atoms with van der Waals surface area (Å²) >= 11 is 6.10. The number of nitrogens with two attached hydrogens (primary N) is 1. The third kappa shape index (κ3) is 3.94. The van der Waals surface area contributed by atoms with Gasteiger partial charge >= 0.3 is 0 Å². The minimum absolute atomic E-state index is 0.0227. The van der Waals surface area contributed by atoms with Crippen LogP contribution in [0.2, 0.25) is 5.02 Å². The molecule has 0 unspecified atom stereocenters. The number of anilines is 1. The van der Waals surface area contributed by atoms with Crippen LogP contribution < -0.4 is 15.4 Å². The van der Waals surface area contributed by atoms with E-state index in [1.54, 1.807) is 0 Å². The van der Waals surface area contributed by atoms with Crippen LogP contribution in [0.15, 0.2) is 41.3 Å². The second-order valence-corrected chi connectivity index (χ2v) is 8.92. The molecule has 1 aliphatic heterocycles. The molecule has 1 amide bonds. The van der Waals surface area contributed by atoms with Gasteiger partial charge in [-0.05, 0) is 42.8 Å². The number of hydrogen-bond donors (Lipinski definition) is 1. The standard InChI is InChI=1S/C19H22ClN3O4S/c1-13-3-4-14(20)11-17(13)22-7-9-23(10-8-22)28(25,26)15-5-6-18(27-2)16(12-15)19(21)24/h3-6,11-12H,7-10H2,1-2H3,(H2,21,24). The molecule has 0 spiro atoms. The zero-order valence-electron chi connectivity index (χ0n) is 15.7. The lowest BCUT2D eigenvalue weighted by Gasteiger charge is -2.36. The molecule has 0 atom stereocenters. The second kappa shape index (κ2) is 7.98. The summed E-state index contributed by atoms with van der Waals surface area (Å²) < 4.78 is 32.5. The van der Waals surface area contributed by atoms with Gasteiger partial charge in [0.2, 0.25) is 10.0 Å². The smallest absolute Gasteiger partial charge is 0.252 e. The maximum atomic E-state index is 13.0. The number of amides is 1. The molecule has 9 heteroatoms. The predicted molar refractivity (Wildman–Crippen MR) is 109 cm³/mol. The molecule has 0 radical (unpaired) electrons. The van der Waals surface area contributed by atoms with Crippen molar-refractivity contribution in [3.63, 3.8) is 0 Å². The van der Waals surface area contributed by atoms with Gasteiger partial charge < -0.3 is 15.4 Å². The van der Waals surface area contributed by atoms with Crippen molar-refractivity contribution in [3.8, 4) is 5.75 Å². The Labute approximate surface area is 169 Å². The van der Waals surface area contributed by atoms with Gasteiger partial charge in [0.1, 0.15) is 5.75 Å². The van der Waals surface area contributed by atoms with Crippen molar-refractivity contribution in [2.75, 3.05) is 38.2 Å². The van der Waals surface area contributed by atoms with Gasteiger partial charge in [-0.25, -0.2) is 8.42 Å². The highest BCUT2D eigenvalue weighted by Gasteiger charge is 2.30. The Kier molecular flexibility index (Phi) is 5.83. The highest BCUT2D eigenvalue weighted by Crippen LogP contribution is 2.28. The van der Waals surface area contributed by atoms with E-state index in [-0.39, 0.29) is 16.2 Å². The van der Waals surface area contributed by atoms with Crippen LogP contribution in [0.5, 0.6) is 5.75 Å². The van der Waals surface area contributed by atoms with Crippen molar-refractivity contribution in [3.05, 3.63) is 52.5 Å². The fourth-order valence-electron chi connectivity index (χ4n) is 3.28. The first-order valence-corrected chi connectivity index (χ1v) is 10.5. The largest absolute Gasteiger partial charge is 0.496 e. The summed E-state index contributed by atoms with van der Waals surface area (Å²) in [5, 5.41) is 0.646.